The predicted molar refractivity (Wildman–Crippen MR) is 108 cm³/mol. The molecule has 2 nitrogen and oxygen atoms in total. The molecule has 1 N–H and O–H groups in total. The lowest BCUT2D eigenvalue weighted by Gasteiger charge is -2.43. The number of hydrogen-bond acceptors (Lipinski definition) is 2. The lowest BCUT2D eigenvalue weighted by Crippen LogP contribution is -2.50. The topological polar surface area (TPSA) is 29.5 Å². The molecule has 1 rings (SSSR count). The van der Waals surface area contributed by atoms with E-state index in [1.54, 1.807) is 0 Å². The Labute approximate surface area is 176 Å². The Morgan fingerprint density at radius 2 is 1.17 bits per heavy atom. The number of ether oxygens (including phenoxy) is 1. The molecule has 0 radical (unpaired) electrons. The summed E-state index contributed by atoms with van der Waals surface area (Å²) in [5.74, 6) is -12.5. The minimum atomic E-state index is -2.22. The zero-order valence-electron chi connectivity index (χ0n) is 18.6. The summed E-state index contributed by atoms with van der Waals surface area (Å²) in [5.41, 5.74) is -1.21. The van der Waals surface area contributed by atoms with Crippen LogP contribution < -0.4 is 4.74 Å². The molecule has 1 aromatic carbocycles. The van der Waals surface area contributed by atoms with Gasteiger partial charge in [0.25, 0.3) is 0 Å². The van der Waals surface area contributed by atoms with Crippen molar-refractivity contribution >= 4 is 0 Å². The summed E-state index contributed by atoms with van der Waals surface area (Å²) in [6.45, 7) is 9.14. The summed E-state index contributed by atoms with van der Waals surface area (Å²) in [7, 11) is 0. The molecular weight excluding hydrogens is 403 g/mol. The van der Waals surface area contributed by atoms with E-state index in [9.17, 15) is 27.1 Å². The maximum Gasteiger partial charge on any atom is 0.206 e. The van der Waals surface area contributed by atoms with Crippen LogP contribution in [0.15, 0.2) is 0 Å². The van der Waals surface area contributed by atoms with Gasteiger partial charge in [-0.25, -0.2) is 13.2 Å². The van der Waals surface area contributed by atoms with Gasteiger partial charge in [0.15, 0.2) is 5.75 Å². The molecule has 30 heavy (non-hydrogen) atoms. The van der Waals surface area contributed by atoms with Gasteiger partial charge in [0, 0.05) is 5.92 Å². The molecule has 0 aliphatic heterocycles. The zero-order chi connectivity index (χ0) is 23.1. The van der Waals surface area contributed by atoms with Gasteiger partial charge in [0.05, 0.1) is 12.2 Å². The minimum absolute atomic E-state index is 0.192. The summed E-state index contributed by atoms with van der Waals surface area (Å²) < 4.78 is 73.3. The molecule has 0 heterocycles. The fraction of sp³-hybridized carbons (Fsp3) is 0.739. The molecule has 7 heteroatoms. The summed E-state index contributed by atoms with van der Waals surface area (Å²) in [6.07, 6.45) is 6.66. The number of halogens is 5. The fourth-order valence-electron chi connectivity index (χ4n) is 4.12. The normalized spacial score (nSPS) is 13.4. The van der Waals surface area contributed by atoms with Gasteiger partial charge in [-0.15, -0.1) is 0 Å². The second kappa shape index (κ2) is 11.9. The van der Waals surface area contributed by atoms with Crippen molar-refractivity contribution in [3.05, 3.63) is 29.1 Å². The van der Waals surface area contributed by atoms with Crippen LogP contribution in [-0.4, -0.2) is 17.3 Å². The standard InChI is InChI=1S/C23H35F5O2/c1-6-7-8-9-10-11-12-16(23(29,14(2)3)15(4)5)13-30-22-20(27)18(25)17(24)19(26)21(22)28/h14-16,29H,6-13H2,1-5H3. The van der Waals surface area contributed by atoms with Crippen LogP contribution in [0.2, 0.25) is 0 Å². The fourth-order valence-corrected chi connectivity index (χ4v) is 4.12. The van der Waals surface area contributed by atoms with Gasteiger partial charge in [-0.3, -0.25) is 0 Å². The van der Waals surface area contributed by atoms with E-state index < -0.39 is 46.4 Å². The van der Waals surface area contributed by atoms with E-state index in [2.05, 4.69) is 6.92 Å². The van der Waals surface area contributed by atoms with Gasteiger partial charge >= 0.3 is 0 Å². The first-order valence-electron chi connectivity index (χ1n) is 10.9. The van der Waals surface area contributed by atoms with Crippen molar-refractivity contribution in [2.75, 3.05) is 6.61 Å². The smallest absolute Gasteiger partial charge is 0.206 e. The lowest BCUT2D eigenvalue weighted by atomic mass is 9.70. The van der Waals surface area contributed by atoms with Crippen LogP contribution in [0.5, 0.6) is 5.75 Å². The van der Waals surface area contributed by atoms with Crippen LogP contribution in [-0.2, 0) is 0 Å². The molecule has 174 valence electrons. The molecule has 0 saturated heterocycles. The van der Waals surface area contributed by atoms with Crippen molar-refractivity contribution in [1.29, 1.82) is 0 Å². The Bertz CT molecular complexity index is 639. The number of unbranched alkanes of at least 4 members (excludes halogenated alkanes) is 5. The first-order valence-corrected chi connectivity index (χ1v) is 10.9. The summed E-state index contributed by atoms with van der Waals surface area (Å²) in [4.78, 5) is 0. The molecule has 1 atom stereocenters. The Morgan fingerprint density at radius 3 is 1.63 bits per heavy atom. The van der Waals surface area contributed by atoms with Crippen LogP contribution in [0, 0.1) is 46.8 Å². The van der Waals surface area contributed by atoms with Gasteiger partial charge in [-0.05, 0) is 18.3 Å². The minimum Gasteiger partial charge on any atom is -0.487 e. The highest BCUT2D eigenvalue weighted by atomic mass is 19.2. The van der Waals surface area contributed by atoms with Crippen molar-refractivity contribution in [2.45, 2.75) is 85.2 Å². The van der Waals surface area contributed by atoms with Crippen LogP contribution >= 0.6 is 0 Å². The Hall–Kier alpha value is -1.37. The molecule has 1 aromatic rings. The first-order chi connectivity index (χ1) is 14.0. The van der Waals surface area contributed by atoms with E-state index in [4.69, 9.17) is 4.74 Å². The lowest BCUT2D eigenvalue weighted by molar-refractivity contribution is -0.110. The average molecular weight is 439 g/mol. The number of hydrogen-bond donors (Lipinski definition) is 1. The summed E-state index contributed by atoms with van der Waals surface area (Å²) >= 11 is 0. The maximum absolute atomic E-state index is 14.0. The van der Waals surface area contributed by atoms with Gasteiger partial charge in [0.2, 0.25) is 29.1 Å². The molecule has 0 aliphatic carbocycles. The van der Waals surface area contributed by atoms with Crippen molar-refractivity contribution in [3.63, 3.8) is 0 Å². The SMILES string of the molecule is CCCCCCCCC(COc1c(F)c(F)c(F)c(F)c1F)C(O)(C(C)C)C(C)C. The third-order valence-electron chi connectivity index (χ3n) is 6.01. The highest BCUT2D eigenvalue weighted by molar-refractivity contribution is 5.29. The molecule has 0 spiro atoms. The Balaban J connectivity index is 3.04. The molecular formula is C23H35F5O2. The van der Waals surface area contributed by atoms with Gasteiger partial charge in [-0.2, -0.15) is 8.78 Å². The highest BCUT2D eigenvalue weighted by Gasteiger charge is 2.43. The van der Waals surface area contributed by atoms with E-state index in [1.807, 2.05) is 27.7 Å². The van der Waals surface area contributed by atoms with Crippen molar-refractivity contribution in [1.82, 2.24) is 0 Å². The van der Waals surface area contributed by atoms with E-state index in [0.29, 0.717) is 6.42 Å². The van der Waals surface area contributed by atoms with E-state index in [0.717, 1.165) is 38.5 Å². The molecule has 1 unspecified atom stereocenters. The molecule has 0 saturated carbocycles. The molecule has 0 fully saturated rings. The van der Waals surface area contributed by atoms with Crippen LogP contribution in [0.3, 0.4) is 0 Å². The van der Waals surface area contributed by atoms with Crippen molar-refractivity contribution < 1.29 is 31.8 Å². The zero-order valence-corrected chi connectivity index (χ0v) is 18.6. The van der Waals surface area contributed by atoms with Gasteiger partial charge in [0.1, 0.15) is 0 Å². The van der Waals surface area contributed by atoms with Crippen molar-refractivity contribution in [3.8, 4) is 5.75 Å². The summed E-state index contributed by atoms with van der Waals surface area (Å²) in [5, 5.41) is 11.4. The monoisotopic (exact) mass is 438 g/mol. The number of aliphatic hydroxyl groups is 1. The first kappa shape index (κ1) is 26.7. The molecule has 0 amide bonds. The van der Waals surface area contributed by atoms with Gasteiger partial charge in [-0.1, -0.05) is 73.1 Å². The van der Waals surface area contributed by atoms with Crippen LogP contribution in [0.25, 0.3) is 0 Å². The molecule has 0 bridgehead atoms. The van der Waals surface area contributed by atoms with Crippen molar-refractivity contribution in [2.24, 2.45) is 17.8 Å². The van der Waals surface area contributed by atoms with Gasteiger partial charge < -0.3 is 9.84 Å². The molecule has 0 aliphatic rings. The third kappa shape index (κ3) is 6.08. The Kier molecular flexibility index (Phi) is 10.5. The highest BCUT2D eigenvalue weighted by Crippen LogP contribution is 2.38. The Morgan fingerprint density at radius 1 is 0.733 bits per heavy atom. The van der Waals surface area contributed by atoms with Crippen LogP contribution in [0.4, 0.5) is 22.0 Å². The quantitative estimate of drug-likeness (QED) is 0.153. The summed E-state index contributed by atoms with van der Waals surface area (Å²) in [6, 6.07) is 0. The van der Waals surface area contributed by atoms with E-state index in [1.165, 1.54) is 0 Å². The predicted octanol–water partition coefficient (Wildman–Crippen LogP) is 7.17. The third-order valence-corrected chi connectivity index (χ3v) is 6.01. The maximum atomic E-state index is 14.0. The van der Waals surface area contributed by atoms with Crippen LogP contribution in [0.1, 0.15) is 79.6 Å². The van der Waals surface area contributed by atoms with E-state index in [-0.39, 0.29) is 18.4 Å². The molecule has 0 aromatic heterocycles. The number of benzene rings is 1. The second-order valence-corrected chi connectivity index (χ2v) is 8.66. The van der Waals surface area contributed by atoms with E-state index >= 15 is 0 Å². The largest absolute Gasteiger partial charge is 0.487 e. The second-order valence-electron chi connectivity index (χ2n) is 8.66. The number of rotatable bonds is 13. The average Bonchev–Trinajstić information content (AvgIpc) is 2.70.